The molecule has 36 heavy (non-hydrogen) atoms. The Balaban J connectivity index is 1.28. The Morgan fingerprint density at radius 1 is 1.08 bits per heavy atom. The highest BCUT2D eigenvalue weighted by atomic mass is 19.1. The van der Waals surface area contributed by atoms with Crippen molar-refractivity contribution in [1.29, 1.82) is 0 Å². The summed E-state index contributed by atoms with van der Waals surface area (Å²) in [5.41, 5.74) is 2.94. The SMILES string of the molecule is CC(C)C1CN(Cc2ccccc2F)CCN1C(=O)c1ccc2nc(COc3ccccc3)[nH]c2c1. The molecule has 1 saturated heterocycles. The van der Waals surface area contributed by atoms with Crippen molar-refractivity contribution >= 4 is 16.9 Å². The minimum atomic E-state index is -0.182. The lowest BCUT2D eigenvalue weighted by Gasteiger charge is -2.43. The lowest BCUT2D eigenvalue weighted by molar-refractivity contribution is 0.0326. The van der Waals surface area contributed by atoms with Crippen molar-refractivity contribution < 1.29 is 13.9 Å². The average molecular weight is 487 g/mol. The Labute approximate surface area is 210 Å². The highest BCUT2D eigenvalue weighted by Gasteiger charge is 2.33. The van der Waals surface area contributed by atoms with Gasteiger partial charge in [-0.1, -0.05) is 50.2 Å². The molecule has 1 unspecified atom stereocenters. The standard InChI is InChI=1S/C29H31FN4O2/c1-20(2)27-18-33(17-22-8-6-7-11-24(22)30)14-15-34(27)29(35)21-12-13-25-26(16-21)32-28(31-25)19-36-23-9-4-3-5-10-23/h3-13,16,20,27H,14-15,17-19H2,1-2H3,(H,31,32). The summed E-state index contributed by atoms with van der Waals surface area (Å²) in [6, 6.07) is 22.2. The Bertz CT molecular complexity index is 1340. The van der Waals surface area contributed by atoms with Gasteiger partial charge in [-0.25, -0.2) is 9.37 Å². The summed E-state index contributed by atoms with van der Waals surface area (Å²) < 4.78 is 20.0. The third-order valence-corrected chi connectivity index (χ3v) is 6.78. The monoisotopic (exact) mass is 486 g/mol. The average Bonchev–Trinajstić information content (AvgIpc) is 3.31. The van der Waals surface area contributed by atoms with Gasteiger partial charge in [-0.2, -0.15) is 0 Å². The number of nitrogens with zero attached hydrogens (tertiary/aromatic N) is 3. The first kappa shape index (κ1) is 24.0. The molecule has 0 aliphatic carbocycles. The van der Waals surface area contributed by atoms with Gasteiger partial charge in [0.1, 0.15) is 24.0 Å². The predicted octanol–water partition coefficient (Wildman–Crippen LogP) is 5.26. The first-order valence-electron chi connectivity index (χ1n) is 12.4. The molecule has 6 nitrogen and oxygen atoms in total. The quantitative estimate of drug-likeness (QED) is 0.387. The number of imidazole rings is 1. The van der Waals surface area contributed by atoms with Crippen molar-refractivity contribution in [1.82, 2.24) is 19.8 Å². The van der Waals surface area contributed by atoms with Gasteiger partial charge in [-0.05, 0) is 42.3 Å². The molecular weight excluding hydrogens is 455 g/mol. The minimum absolute atomic E-state index is 0.0119. The van der Waals surface area contributed by atoms with Gasteiger partial charge in [-0.15, -0.1) is 0 Å². The molecule has 1 aliphatic rings. The first-order chi connectivity index (χ1) is 17.5. The van der Waals surface area contributed by atoms with E-state index in [-0.39, 0.29) is 23.7 Å². The molecule has 186 valence electrons. The number of halogens is 1. The van der Waals surface area contributed by atoms with E-state index in [1.807, 2.05) is 65.6 Å². The van der Waals surface area contributed by atoms with E-state index in [0.29, 0.717) is 49.7 Å². The summed E-state index contributed by atoms with van der Waals surface area (Å²) in [5, 5.41) is 0. The van der Waals surface area contributed by atoms with E-state index in [0.717, 1.165) is 16.8 Å². The maximum Gasteiger partial charge on any atom is 0.254 e. The van der Waals surface area contributed by atoms with Gasteiger partial charge in [0.05, 0.1) is 11.0 Å². The summed E-state index contributed by atoms with van der Waals surface area (Å²) in [5.74, 6) is 1.59. The summed E-state index contributed by atoms with van der Waals surface area (Å²) in [6.45, 7) is 7.16. The molecule has 0 saturated carbocycles. The number of nitrogens with one attached hydrogen (secondary N) is 1. The fourth-order valence-electron chi connectivity index (χ4n) is 4.80. The number of para-hydroxylation sites is 1. The van der Waals surface area contributed by atoms with Crippen molar-refractivity contribution in [2.45, 2.75) is 33.0 Å². The van der Waals surface area contributed by atoms with Crippen LogP contribution in [-0.4, -0.2) is 51.4 Å². The molecule has 1 aliphatic heterocycles. The van der Waals surface area contributed by atoms with Crippen LogP contribution in [0, 0.1) is 11.7 Å². The van der Waals surface area contributed by atoms with Crippen LogP contribution in [0.3, 0.4) is 0 Å². The molecule has 1 atom stereocenters. The summed E-state index contributed by atoms with van der Waals surface area (Å²) >= 11 is 0. The number of piperazine rings is 1. The lowest BCUT2D eigenvalue weighted by Crippen LogP contribution is -2.56. The molecule has 0 spiro atoms. The number of hydrogen-bond donors (Lipinski definition) is 1. The van der Waals surface area contributed by atoms with E-state index in [4.69, 9.17) is 4.74 Å². The Kier molecular flexibility index (Phi) is 7.00. The summed E-state index contributed by atoms with van der Waals surface area (Å²) in [4.78, 5) is 25.7. The fraction of sp³-hybridized carbons (Fsp3) is 0.310. The van der Waals surface area contributed by atoms with Crippen LogP contribution in [0.4, 0.5) is 4.39 Å². The number of carbonyl (C=O) groups excluding carboxylic acids is 1. The van der Waals surface area contributed by atoms with Gasteiger partial charge in [0.15, 0.2) is 0 Å². The normalized spacial score (nSPS) is 16.6. The summed E-state index contributed by atoms with van der Waals surface area (Å²) in [7, 11) is 0. The van der Waals surface area contributed by atoms with E-state index in [2.05, 4.69) is 28.7 Å². The second kappa shape index (κ2) is 10.5. The second-order valence-corrected chi connectivity index (χ2v) is 9.65. The molecule has 7 heteroatoms. The number of H-pyrrole nitrogens is 1. The van der Waals surface area contributed by atoms with Gasteiger partial charge in [0, 0.05) is 43.3 Å². The smallest absolute Gasteiger partial charge is 0.254 e. The highest BCUT2D eigenvalue weighted by molar-refractivity contribution is 5.97. The molecule has 0 radical (unpaired) electrons. The zero-order valence-electron chi connectivity index (χ0n) is 20.7. The van der Waals surface area contributed by atoms with E-state index in [1.165, 1.54) is 6.07 Å². The highest BCUT2D eigenvalue weighted by Crippen LogP contribution is 2.24. The van der Waals surface area contributed by atoms with Crippen LogP contribution in [0.2, 0.25) is 0 Å². The largest absolute Gasteiger partial charge is 0.486 e. The van der Waals surface area contributed by atoms with Crippen molar-refractivity contribution in [3.63, 3.8) is 0 Å². The molecular formula is C29H31FN4O2. The fourth-order valence-corrected chi connectivity index (χ4v) is 4.80. The van der Waals surface area contributed by atoms with Crippen molar-refractivity contribution in [2.75, 3.05) is 19.6 Å². The maximum absolute atomic E-state index is 14.2. The van der Waals surface area contributed by atoms with Gasteiger partial charge < -0.3 is 14.6 Å². The van der Waals surface area contributed by atoms with E-state index in [9.17, 15) is 9.18 Å². The minimum Gasteiger partial charge on any atom is -0.486 e. The maximum atomic E-state index is 14.2. The van der Waals surface area contributed by atoms with Crippen LogP contribution in [-0.2, 0) is 13.2 Å². The molecule has 3 aromatic carbocycles. The topological polar surface area (TPSA) is 61.5 Å². The van der Waals surface area contributed by atoms with Crippen LogP contribution in [0.15, 0.2) is 72.8 Å². The first-order valence-corrected chi connectivity index (χ1v) is 12.4. The number of benzene rings is 3. The van der Waals surface area contributed by atoms with E-state index >= 15 is 0 Å². The van der Waals surface area contributed by atoms with Crippen LogP contribution in [0.1, 0.15) is 35.6 Å². The van der Waals surface area contributed by atoms with Gasteiger partial charge in [0.2, 0.25) is 0 Å². The molecule has 4 aromatic rings. The Morgan fingerprint density at radius 3 is 2.64 bits per heavy atom. The predicted molar refractivity (Wildman–Crippen MR) is 138 cm³/mol. The number of rotatable bonds is 7. The van der Waals surface area contributed by atoms with E-state index in [1.54, 1.807) is 6.07 Å². The Morgan fingerprint density at radius 2 is 1.86 bits per heavy atom. The zero-order valence-corrected chi connectivity index (χ0v) is 20.7. The second-order valence-electron chi connectivity index (χ2n) is 9.65. The summed E-state index contributed by atoms with van der Waals surface area (Å²) in [6.07, 6.45) is 0. The zero-order chi connectivity index (χ0) is 25.1. The van der Waals surface area contributed by atoms with Crippen LogP contribution in [0.25, 0.3) is 11.0 Å². The van der Waals surface area contributed by atoms with Crippen molar-refractivity contribution in [3.05, 3.63) is 95.6 Å². The van der Waals surface area contributed by atoms with E-state index < -0.39 is 0 Å². The number of carbonyl (C=O) groups is 1. The molecule has 1 amide bonds. The lowest BCUT2D eigenvalue weighted by atomic mass is 9.98. The van der Waals surface area contributed by atoms with Gasteiger partial charge in [0.25, 0.3) is 5.91 Å². The number of fused-ring (bicyclic) bond motifs is 1. The third-order valence-electron chi connectivity index (χ3n) is 6.78. The molecule has 5 rings (SSSR count). The molecule has 1 fully saturated rings. The van der Waals surface area contributed by atoms with Crippen LogP contribution < -0.4 is 4.74 Å². The van der Waals surface area contributed by atoms with Crippen molar-refractivity contribution in [3.8, 4) is 5.75 Å². The number of aromatic amines is 1. The van der Waals surface area contributed by atoms with Gasteiger partial charge >= 0.3 is 0 Å². The third kappa shape index (κ3) is 5.26. The Hall–Kier alpha value is -3.71. The van der Waals surface area contributed by atoms with Crippen molar-refractivity contribution in [2.24, 2.45) is 5.92 Å². The number of amides is 1. The van der Waals surface area contributed by atoms with Crippen LogP contribution >= 0.6 is 0 Å². The molecule has 1 aromatic heterocycles. The molecule has 2 heterocycles. The number of aromatic nitrogens is 2. The number of hydrogen-bond acceptors (Lipinski definition) is 4. The molecule has 0 bridgehead atoms. The number of ether oxygens (including phenoxy) is 1. The van der Waals surface area contributed by atoms with Crippen LogP contribution in [0.5, 0.6) is 5.75 Å². The molecule has 1 N–H and O–H groups in total. The van der Waals surface area contributed by atoms with Gasteiger partial charge in [-0.3, -0.25) is 9.69 Å².